The Morgan fingerprint density at radius 2 is 1.56 bits per heavy atom. The number of amides is 5. The quantitative estimate of drug-likeness (QED) is 0.311. The smallest absolute Gasteiger partial charge is 0.289 e. The normalized spacial score (nSPS) is 24.7. The summed E-state index contributed by atoms with van der Waals surface area (Å²) in [4.78, 5) is 80.7. The second-order valence-electron chi connectivity index (χ2n) is 16.9. The van der Waals surface area contributed by atoms with Gasteiger partial charge in [-0.1, -0.05) is 11.6 Å². The molecule has 1 aromatic heterocycles. The lowest BCUT2D eigenvalue weighted by Gasteiger charge is -2.56. The van der Waals surface area contributed by atoms with Crippen LogP contribution in [0.4, 0.5) is 11.4 Å². The van der Waals surface area contributed by atoms with E-state index in [1.165, 1.54) is 0 Å². The summed E-state index contributed by atoms with van der Waals surface area (Å²) >= 11 is 6.15. The van der Waals surface area contributed by atoms with Crippen LogP contribution >= 0.6 is 11.6 Å². The Labute approximate surface area is 347 Å². The van der Waals surface area contributed by atoms with Gasteiger partial charge in [0.2, 0.25) is 17.6 Å². The van der Waals surface area contributed by atoms with Gasteiger partial charge in [-0.05, 0) is 101 Å². The van der Waals surface area contributed by atoms with Crippen molar-refractivity contribution in [1.82, 2.24) is 30.4 Å². The summed E-state index contributed by atoms with van der Waals surface area (Å²) < 4.78 is 6.08. The fourth-order valence-corrected chi connectivity index (χ4v) is 10.0. The molecule has 5 amide bonds. The van der Waals surface area contributed by atoms with Gasteiger partial charge >= 0.3 is 0 Å². The molecule has 6 aliphatic rings. The van der Waals surface area contributed by atoms with Crippen LogP contribution in [-0.4, -0.2) is 113 Å². The van der Waals surface area contributed by atoms with E-state index in [2.05, 4.69) is 41.4 Å². The summed E-state index contributed by atoms with van der Waals surface area (Å²) in [5.74, 6) is -1.42. The number of ether oxygens (including phenoxy) is 1. The molecule has 2 aromatic carbocycles. The molecule has 16 heteroatoms. The lowest BCUT2D eigenvalue weighted by molar-refractivity contribution is -0.136. The van der Waals surface area contributed by atoms with E-state index in [-0.39, 0.29) is 42.1 Å². The first-order chi connectivity index (χ1) is 28.6. The molecule has 306 valence electrons. The summed E-state index contributed by atoms with van der Waals surface area (Å²) in [6.07, 6.45) is 11.2. The maximum Gasteiger partial charge on any atom is 0.289 e. The molecule has 5 fully saturated rings. The zero-order chi connectivity index (χ0) is 40.8. The molecule has 2 N–H and O–H groups in total. The monoisotopic (exact) mass is 819 g/mol. The van der Waals surface area contributed by atoms with Crippen LogP contribution in [0.2, 0.25) is 5.02 Å². The minimum Gasteiger partial charge on any atom is -0.490 e. The number of hydrogen-bond acceptors (Lipinski definition) is 12. The largest absolute Gasteiger partial charge is 0.490 e. The molecule has 9 rings (SSSR count). The number of anilines is 2. The predicted octanol–water partition coefficient (Wildman–Crippen LogP) is 4.09. The molecule has 1 unspecified atom stereocenters. The van der Waals surface area contributed by atoms with Gasteiger partial charge in [-0.25, -0.2) is 9.97 Å². The molecule has 15 nitrogen and oxygen atoms in total. The van der Waals surface area contributed by atoms with Gasteiger partial charge in [0.25, 0.3) is 17.7 Å². The first-order valence-electron chi connectivity index (χ1n) is 20.7. The van der Waals surface area contributed by atoms with Crippen LogP contribution in [0.25, 0.3) is 0 Å². The van der Waals surface area contributed by atoms with Crippen molar-refractivity contribution in [1.29, 1.82) is 5.26 Å². The Kier molecular flexibility index (Phi) is 10.5. The molecule has 4 saturated heterocycles. The van der Waals surface area contributed by atoms with Crippen molar-refractivity contribution in [3.63, 3.8) is 0 Å². The Balaban J connectivity index is 0.700. The number of likely N-dealkylation sites (tertiary alicyclic amines) is 1. The van der Waals surface area contributed by atoms with Gasteiger partial charge in [0.1, 0.15) is 17.9 Å². The van der Waals surface area contributed by atoms with Crippen LogP contribution in [0.15, 0.2) is 48.8 Å². The van der Waals surface area contributed by atoms with E-state index in [9.17, 15) is 24.0 Å². The molecule has 0 radical (unpaired) electrons. The van der Waals surface area contributed by atoms with Gasteiger partial charge in [-0.15, -0.1) is 0 Å². The number of halogens is 1. The van der Waals surface area contributed by atoms with Crippen LogP contribution in [0.3, 0.4) is 0 Å². The minimum absolute atomic E-state index is 0.0189. The molecule has 59 heavy (non-hydrogen) atoms. The summed E-state index contributed by atoms with van der Waals surface area (Å²) in [7, 11) is 0. The number of hydrogen-bond donors (Lipinski definition) is 2. The number of nitrogens with zero attached hydrogens (tertiary/aromatic N) is 7. The maximum atomic E-state index is 13.4. The van der Waals surface area contributed by atoms with E-state index in [0.29, 0.717) is 33.5 Å². The van der Waals surface area contributed by atoms with Gasteiger partial charge in [0, 0.05) is 61.9 Å². The van der Waals surface area contributed by atoms with E-state index >= 15 is 0 Å². The first kappa shape index (κ1) is 38.9. The van der Waals surface area contributed by atoms with Gasteiger partial charge < -0.3 is 24.8 Å². The van der Waals surface area contributed by atoms with Crippen LogP contribution in [0, 0.1) is 16.7 Å². The highest BCUT2D eigenvalue weighted by atomic mass is 35.5. The lowest BCUT2D eigenvalue weighted by atomic mass is 9.71. The number of nitrogens with one attached hydrogen (secondary N) is 2. The Hall–Kier alpha value is -5.59. The highest BCUT2D eigenvalue weighted by Gasteiger charge is 2.47. The van der Waals surface area contributed by atoms with Crippen molar-refractivity contribution in [2.75, 3.05) is 49.1 Å². The second-order valence-corrected chi connectivity index (χ2v) is 17.3. The third-order valence-electron chi connectivity index (χ3n) is 13.3. The highest BCUT2D eigenvalue weighted by Crippen LogP contribution is 2.43. The van der Waals surface area contributed by atoms with Crippen molar-refractivity contribution in [3.8, 4) is 11.8 Å². The van der Waals surface area contributed by atoms with Crippen LogP contribution in [-0.2, 0) is 9.59 Å². The topological polar surface area (TPSA) is 181 Å². The lowest BCUT2D eigenvalue weighted by Crippen LogP contribution is -2.61. The number of carbonyl (C=O) groups is 5. The number of rotatable bonds is 8. The third kappa shape index (κ3) is 7.71. The second kappa shape index (κ2) is 15.9. The zero-order valence-electron chi connectivity index (χ0n) is 32.7. The van der Waals surface area contributed by atoms with Crippen molar-refractivity contribution >= 4 is 52.5 Å². The molecule has 6 heterocycles. The van der Waals surface area contributed by atoms with Gasteiger partial charge in [-0.3, -0.25) is 34.2 Å². The van der Waals surface area contributed by atoms with E-state index in [1.807, 2.05) is 6.07 Å². The minimum atomic E-state index is -0.971. The fourth-order valence-electron chi connectivity index (χ4n) is 9.80. The van der Waals surface area contributed by atoms with Gasteiger partial charge in [-0.2, -0.15) is 5.26 Å². The van der Waals surface area contributed by atoms with Crippen molar-refractivity contribution in [3.05, 3.63) is 76.3 Å². The average Bonchev–Trinajstić information content (AvgIpc) is 3.48. The van der Waals surface area contributed by atoms with Gasteiger partial charge in [0.05, 0.1) is 45.9 Å². The molecule has 5 aliphatic heterocycles. The maximum absolute atomic E-state index is 13.4. The predicted molar refractivity (Wildman–Crippen MR) is 216 cm³/mol. The van der Waals surface area contributed by atoms with Crippen LogP contribution < -0.4 is 25.2 Å². The molecule has 1 spiro atoms. The summed E-state index contributed by atoms with van der Waals surface area (Å²) in [5.41, 5.74) is 3.14. The molecular weight excluding hydrogens is 774 g/mol. The fraction of sp³-hybridized carbons (Fsp3) is 0.488. The zero-order valence-corrected chi connectivity index (χ0v) is 33.5. The van der Waals surface area contributed by atoms with Crippen LogP contribution in [0.1, 0.15) is 101 Å². The summed E-state index contributed by atoms with van der Waals surface area (Å²) in [6, 6.07) is 12.0. The van der Waals surface area contributed by atoms with Crippen molar-refractivity contribution in [2.45, 2.75) is 88.4 Å². The van der Waals surface area contributed by atoms with E-state index < -0.39 is 29.7 Å². The first-order valence-corrected chi connectivity index (χ1v) is 21.0. The Morgan fingerprint density at radius 3 is 2.24 bits per heavy atom. The molecule has 1 aliphatic carbocycles. The van der Waals surface area contributed by atoms with E-state index in [0.717, 1.165) is 107 Å². The molecule has 1 saturated carbocycles. The van der Waals surface area contributed by atoms with Crippen molar-refractivity contribution in [2.24, 2.45) is 5.41 Å². The third-order valence-corrected chi connectivity index (χ3v) is 13.6. The standard InChI is InChI=1S/C43H46ClN9O6/c44-35-20-32(5-1-26(35)21-45)59-31-6-2-27(3-7-31)48-40(56)38-46-22-30(23-47-38)52-24-43(25-52)13-17-51(18-14-43)28-11-15-50(16-12-28)29-4-8-33-34(19-29)42(58)53(41(33)57)36-9-10-37(54)49-39(36)55/h1,4-5,8,19-20,22-23,27-28,31,36H,2-3,6-7,9-18,24-25H2,(H,48,56)(H,49,54,55). The number of imide groups is 2. The van der Waals surface area contributed by atoms with E-state index in [4.69, 9.17) is 21.6 Å². The Bertz CT molecular complexity index is 2210. The SMILES string of the molecule is N#Cc1ccc(OC2CCC(NC(=O)c3ncc(N4CC5(CCN(C6CCN(c7ccc8c(c7)C(=O)N(C7CCC(=O)NC7=O)C8=O)CC6)CC5)C4)cn3)CC2)cc1Cl. The molecule has 0 bridgehead atoms. The summed E-state index contributed by atoms with van der Waals surface area (Å²) in [5, 5.41) is 14.8. The number of aromatic nitrogens is 2. The Morgan fingerprint density at radius 1 is 0.847 bits per heavy atom. The summed E-state index contributed by atoms with van der Waals surface area (Å²) in [6.45, 7) is 5.71. The van der Waals surface area contributed by atoms with Crippen molar-refractivity contribution < 1.29 is 28.7 Å². The number of carbonyl (C=O) groups excluding carboxylic acids is 5. The average molecular weight is 820 g/mol. The number of fused-ring (bicyclic) bond motifs is 1. The van der Waals surface area contributed by atoms with E-state index in [1.54, 1.807) is 42.7 Å². The van der Waals surface area contributed by atoms with Crippen LogP contribution in [0.5, 0.6) is 5.75 Å². The van der Waals surface area contributed by atoms with Gasteiger partial charge in [0.15, 0.2) is 0 Å². The number of piperidine rings is 3. The molecule has 1 atom stereocenters. The number of benzene rings is 2. The number of nitriles is 1. The molecule has 3 aromatic rings. The highest BCUT2D eigenvalue weighted by molar-refractivity contribution is 6.31. The molecular formula is C43H46ClN9O6.